The van der Waals surface area contributed by atoms with Crippen LogP contribution in [0, 0.1) is 0 Å². The fourth-order valence-corrected chi connectivity index (χ4v) is 3.41. The monoisotopic (exact) mass is 251 g/mol. The number of pyridine rings is 1. The summed E-state index contributed by atoms with van der Waals surface area (Å²) in [7, 11) is 4.17. The number of nitrogens with zero attached hydrogens (tertiary/aromatic N) is 2. The smallest absolute Gasteiger partial charge is 0.0544 e. The standard InChI is InChI=1S/C13H21N3S/c1-14-7-11-3-4-12(15-8-11)9-16(2)13-5-6-17-10-13/h3-4,8,13-14H,5-7,9-10H2,1-2H3. The molecule has 3 nitrogen and oxygen atoms in total. The molecule has 0 saturated carbocycles. The molecule has 0 aliphatic carbocycles. The van der Waals surface area contributed by atoms with Gasteiger partial charge >= 0.3 is 0 Å². The van der Waals surface area contributed by atoms with Gasteiger partial charge in [-0.25, -0.2) is 0 Å². The summed E-state index contributed by atoms with van der Waals surface area (Å²) >= 11 is 2.06. The van der Waals surface area contributed by atoms with E-state index in [0.29, 0.717) is 0 Å². The first-order valence-corrected chi connectivity index (χ1v) is 7.31. The van der Waals surface area contributed by atoms with Gasteiger partial charge < -0.3 is 5.32 Å². The summed E-state index contributed by atoms with van der Waals surface area (Å²) < 4.78 is 0. The largest absolute Gasteiger partial charge is 0.316 e. The van der Waals surface area contributed by atoms with Crippen molar-refractivity contribution >= 4 is 11.8 Å². The van der Waals surface area contributed by atoms with Crippen molar-refractivity contribution in [2.24, 2.45) is 0 Å². The summed E-state index contributed by atoms with van der Waals surface area (Å²) in [6.07, 6.45) is 3.29. The number of hydrogen-bond acceptors (Lipinski definition) is 4. The van der Waals surface area contributed by atoms with Crippen molar-refractivity contribution < 1.29 is 0 Å². The Labute approximate surface area is 108 Å². The van der Waals surface area contributed by atoms with Gasteiger partial charge in [0.1, 0.15) is 0 Å². The molecule has 2 rings (SSSR count). The lowest BCUT2D eigenvalue weighted by molar-refractivity contribution is 0.251. The minimum absolute atomic E-state index is 0.735. The maximum absolute atomic E-state index is 4.52. The molecule has 1 fully saturated rings. The Morgan fingerprint density at radius 3 is 3.00 bits per heavy atom. The molecule has 0 aromatic carbocycles. The lowest BCUT2D eigenvalue weighted by Crippen LogP contribution is -2.31. The summed E-state index contributed by atoms with van der Waals surface area (Å²) in [5.41, 5.74) is 2.42. The van der Waals surface area contributed by atoms with E-state index in [2.05, 4.69) is 46.1 Å². The third-order valence-corrected chi connectivity index (χ3v) is 4.35. The van der Waals surface area contributed by atoms with Crippen LogP contribution in [0.15, 0.2) is 18.3 Å². The highest BCUT2D eigenvalue weighted by atomic mass is 32.2. The van der Waals surface area contributed by atoms with Crippen LogP contribution < -0.4 is 5.32 Å². The average Bonchev–Trinajstić information content (AvgIpc) is 2.86. The molecular weight excluding hydrogens is 230 g/mol. The quantitative estimate of drug-likeness (QED) is 0.863. The van der Waals surface area contributed by atoms with Gasteiger partial charge in [0, 0.05) is 31.1 Å². The van der Waals surface area contributed by atoms with Gasteiger partial charge in [-0.2, -0.15) is 11.8 Å². The fourth-order valence-electron chi connectivity index (χ4n) is 2.11. The van der Waals surface area contributed by atoms with Crippen LogP contribution in [0.2, 0.25) is 0 Å². The van der Waals surface area contributed by atoms with E-state index in [1.54, 1.807) is 0 Å². The number of thioether (sulfide) groups is 1. The first kappa shape index (κ1) is 12.9. The highest BCUT2D eigenvalue weighted by Gasteiger charge is 2.20. The van der Waals surface area contributed by atoms with E-state index in [9.17, 15) is 0 Å². The topological polar surface area (TPSA) is 28.2 Å². The number of aromatic nitrogens is 1. The highest BCUT2D eigenvalue weighted by Crippen LogP contribution is 2.22. The van der Waals surface area contributed by atoms with Crippen LogP contribution in [-0.2, 0) is 13.1 Å². The minimum Gasteiger partial charge on any atom is -0.316 e. The first-order valence-electron chi connectivity index (χ1n) is 6.16. The average molecular weight is 251 g/mol. The molecule has 1 aliphatic heterocycles. The SMILES string of the molecule is CNCc1ccc(CN(C)C2CCSC2)nc1. The second kappa shape index (κ2) is 6.38. The summed E-state index contributed by atoms with van der Waals surface area (Å²) in [6.45, 7) is 1.85. The van der Waals surface area contributed by atoms with Crippen LogP contribution in [0.1, 0.15) is 17.7 Å². The lowest BCUT2D eigenvalue weighted by Gasteiger charge is -2.22. The van der Waals surface area contributed by atoms with Crippen LogP contribution in [0.4, 0.5) is 0 Å². The molecule has 1 unspecified atom stereocenters. The molecule has 0 bridgehead atoms. The summed E-state index contributed by atoms with van der Waals surface area (Å²) in [4.78, 5) is 6.95. The molecule has 2 heterocycles. The zero-order chi connectivity index (χ0) is 12.1. The van der Waals surface area contributed by atoms with Crippen molar-refractivity contribution in [2.45, 2.75) is 25.6 Å². The van der Waals surface area contributed by atoms with Crippen LogP contribution in [-0.4, -0.2) is 41.5 Å². The maximum atomic E-state index is 4.52. The molecule has 1 aromatic heterocycles. The molecule has 0 spiro atoms. The van der Waals surface area contributed by atoms with Crippen molar-refractivity contribution in [3.63, 3.8) is 0 Å². The second-order valence-electron chi connectivity index (χ2n) is 4.62. The van der Waals surface area contributed by atoms with E-state index in [-0.39, 0.29) is 0 Å². The van der Waals surface area contributed by atoms with Crippen molar-refractivity contribution in [2.75, 3.05) is 25.6 Å². The zero-order valence-electron chi connectivity index (χ0n) is 10.6. The van der Waals surface area contributed by atoms with Gasteiger partial charge in [-0.3, -0.25) is 9.88 Å². The van der Waals surface area contributed by atoms with E-state index in [1.807, 2.05) is 13.2 Å². The van der Waals surface area contributed by atoms with Crippen molar-refractivity contribution in [1.82, 2.24) is 15.2 Å². The zero-order valence-corrected chi connectivity index (χ0v) is 11.5. The molecule has 1 N–H and O–H groups in total. The van der Waals surface area contributed by atoms with Crippen LogP contribution in [0.3, 0.4) is 0 Å². The van der Waals surface area contributed by atoms with Gasteiger partial charge in [0.2, 0.25) is 0 Å². The summed E-state index contributed by atoms with van der Waals surface area (Å²) in [5, 5.41) is 3.14. The fraction of sp³-hybridized carbons (Fsp3) is 0.615. The molecule has 94 valence electrons. The van der Waals surface area contributed by atoms with Gasteiger partial charge in [-0.1, -0.05) is 6.07 Å². The molecule has 17 heavy (non-hydrogen) atoms. The molecule has 0 radical (unpaired) electrons. The van der Waals surface area contributed by atoms with E-state index in [4.69, 9.17) is 0 Å². The molecule has 1 saturated heterocycles. The Bertz CT molecular complexity index is 333. The van der Waals surface area contributed by atoms with Crippen LogP contribution in [0.25, 0.3) is 0 Å². The van der Waals surface area contributed by atoms with E-state index >= 15 is 0 Å². The normalized spacial score (nSPS) is 20.1. The summed E-state index contributed by atoms with van der Waals surface area (Å²) in [6, 6.07) is 5.04. The van der Waals surface area contributed by atoms with Crippen molar-refractivity contribution in [1.29, 1.82) is 0 Å². The molecule has 1 atom stereocenters. The Hall–Kier alpha value is -0.580. The van der Waals surface area contributed by atoms with Crippen LogP contribution in [0.5, 0.6) is 0 Å². The third-order valence-electron chi connectivity index (χ3n) is 3.21. The van der Waals surface area contributed by atoms with Crippen molar-refractivity contribution in [3.8, 4) is 0 Å². The van der Waals surface area contributed by atoms with Gasteiger partial charge in [0.05, 0.1) is 5.69 Å². The Morgan fingerprint density at radius 1 is 1.53 bits per heavy atom. The number of hydrogen-bond donors (Lipinski definition) is 1. The summed E-state index contributed by atoms with van der Waals surface area (Å²) in [5.74, 6) is 2.58. The number of rotatable bonds is 5. The molecule has 0 amide bonds. The van der Waals surface area contributed by atoms with Gasteiger partial charge in [-0.05, 0) is 37.9 Å². The van der Waals surface area contributed by atoms with E-state index in [1.165, 1.54) is 29.2 Å². The third kappa shape index (κ3) is 3.69. The maximum Gasteiger partial charge on any atom is 0.0544 e. The Kier molecular flexibility index (Phi) is 4.83. The minimum atomic E-state index is 0.735. The van der Waals surface area contributed by atoms with Crippen LogP contribution >= 0.6 is 11.8 Å². The number of nitrogens with one attached hydrogen (secondary N) is 1. The Morgan fingerprint density at radius 2 is 2.41 bits per heavy atom. The van der Waals surface area contributed by atoms with Crippen molar-refractivity contribution in [3.05, 3.63) is 29.6 Å². The highest BCUT2D eigenvalue weighted by molar-refractivity contribution is 7.99. The van der Waals surface area contributed by atoms with Gasteiger partial charge in [-0.15, -0.1) is 0 Å². The second-order valence-corrected chi connectivity index (χ2v) is 5.77. The lowest BCUT2D eigenvalue weighted by atomic mass is 10.2. The Balaban J connectivity index is 1.89. The molecule has 4 heteroatoms. The van der Waals surface area contributed by atoms with Gasteiger partial charge in [0.15, 0.2) is 0 Å². The molecular formula is C13H21N3S. The van der Waals surface area contributed by atoms with E-state index < -0.39 is 0 Å². The molecule has 1 aliphatic rings. The predicted molar refractivity (Wildman–Crippen MR) is 74.2 cm³/mol. The predicted octanol–water partition coefficient (Wildman–Crippen LogP) is 1.74. The van der Waals surface area contributed by atoms with Gasteiger partial charge in [0.25, 0.3) is 0 Å². The van der Waals surface area contributed by atoms with E-state index in [0.717, 1.165) is 19.1 Å². The molecule has 1 aromatic rings. The first-order chi connectivity index (χ1) is 8.29.